The number of benzene rings is 8. The van der Waals surface area contributed by atoms with Crippen molar-refractivity contribution in [1.82, 2.24) is 9.13 Å². The van der Waals surface area contributed by atoms with Crippen LogP contribution >= 0.6 is 0 Å². The number of para-hydroxylation sites is 4. The molecule has 3 heteroatoms. The van der Waals surface area contributed by atoms with Gasteiger partial charge in [0.1, 0.15) is 0 Å². The molecule has 240 valence electrons. The number of hydrogen-bond acceptors (Lipinski definition) is 0. The Balaban J connectivity index is 1.36. The molecule has 0 aliphatic carbocycles. The molecule has 0 aliphatic rings. The number of fused-ring (bicyclic) bond motifs is 6. The fraction of sp³-hybridized carbons (Fsp3) is 0. The maximum absolute atomic E-state index is 2.85. The Morgan fingerprint density at radius 3 is 1.33 bits per heavy atom. The Kier molecular flexibility index (Phi) is 6.86. The summed E-state index contributed by atoms with van der Waals surface area (Å²) in [6.45, 7) is 0. The number of rotatable bonds is 6. The van der Waals surface area contributed by atoms with Crippen LogP contribution < -0.4 is 20.7 Å². The van der Waals surface area contributed by atoms with E-state index < -0.39 is 8.07 Å². The highest BCUT2D eigenvalue weighted by molar-refractivity contribution is 7.20. The van der Waals surface area contributed by atoms with Gasteiger partial charge < -0.3 is 9.13 Å². The SMILES string of the molecule is c1ccc(-n2c3ccccc3c3cc(-n4c5ccccc5c5cccc([Si](c6ccccc6)(c6ccccc6)c6ccccc6)c54)ccc32)cc1. The lowest BCUT2D eigenvalue weighted by Gasteiger charge is -2.35. The average molecular weight is 667 g/mol. The molecule has 2 heterocycles. The Morgan fingerprint density at radius 2 is 0.745 bits per heavy atom. The summed E-state index contributed by atoms with van der Waals surface area (Å²) in [5, 5.41) is 10.5. The van der Waals surface area contributed by atoms with Crippen LogP contribution in [-0.2, 0) is 0 Å². The van der Waals surface area contributed by atoms with E-state index in [2.05, 4.69) is 215 Å². The van der Waals surface area contributed by atoms with Crippen molar-refractivity contribution in [3.05, 3.63) is 206 Å². The van der Waals surface area contributed by atoms with Gasteiger partial charge in [0, 0.05) is 32.9 Å². The number of hydrogen-bond donors (Lipinski definition) is 0. The molecule has 10 aromatic rings. The first-order valence-electron chi connectivity index (χ1n) is 17.6. The zero-order valence-electron chi connectivity index (χ0n) is 28.0. The minimum atomic E-state index is -2.85. The fourth-order valence-corrected chi connectivity index (χ4v) is 13.5. The van der Waals surface area contributed by atoms with Crippen LogP contribution in [0, 0.1) is 0 Å². The first-order chi connectivity index (χ1) is 25.3. The molecule has 10 rings (SSSR count). The van der Waals surface area contributed by atoms with Crippen molar-refractivity contribution in [2.45, 2.75) is 0 Å². The molecule has 0 saturated heterocycles. The molecule has 0 unspecified atom stereocenters. The number of aromatic nitrogens is 2. The summed E-state index contributed by atoms with van der Waals surface area (Å²) in [6.07, 6.45) is 0. The second kappa shape index (κ2) is 11.9. The third-order valence-electron chi connectivity index (χ3n) is 10.6. The Labute approximate surface area is 298 Å². The summed E-state index contributed by atoms with van der Waals surface area (Å²) in [5.74, 6) is 0. The maximum Gasteiger partial charge on any atom is 0.181 e. The summed E-state index contributed by atoms with van der Waals surface area (Å²) in [6, 6.07) is 76.2. The Bertz CT molecular complexity index is 2740. The third-order valence-corrected chi connectivity index (χ3v) is 15.5. The fourth-order valence-electron chi connectivity index (χ4n) is 8.58. The van der Waals surface area contributed by atoms with Gasteiger partial charge in [-0.1, -0.05) is 164 Å². The molecule has 8 aromatic carbocycles. The normalized spacial score (nSPS) is 11.9. The largest absolute Gasteiger partial charge is 0.309 e. The molecule has 0 saturated carbocycles. The van der Waals surface area contributed by atoms with E-state index in [1.807, 2.05) is 0 Å². The van der Waals surface area contributed by atoms with Crippen molar-refractivity contribution in [1.29, 1.82) is 0 Å². The summed E-state index contributed by atoms with van der Waals surface area (Å²) >= 11 is 0. The molecule has 0 aliphatic heterocycles. The van der Waals surface area contributed by atoms with Gasteiger partial charge in [0.05, 0.1) is 22.1 Å². The van der Waals surface area contributed by atoms with Crippen molar-refractivity contribution in [3.63, 3.8) is 0 Å². The van der Waals surface area contributed by atoms with E-state index >= 15 is 0 Å². The lowest BCUT2D eigenvalue weighted by atomic mass is 10.1. The van der Waals surface area contributed by atoms with E-state index in [9.17, 15) is 0 Å². The van der Waals surface area contributed by atoms with Gasteiger partial charge in [-0.3, -0.25) is 0 Å². The smallest absolute Gasteiger partial charge is 0.181 e. The van der Waals surface area contributed by atoms with Crippen LogP contribution in [0.2, 0.25) is 0 Å². The van der Waals surface area contributed by atoms with Gasteiger partial charge in [-0.25, -0.2) is 0 Å². The predicted molar refractivity (Wildman–Crippen MR) is 219 cm³/mol. The lowest BCUT2D eigenvalue weighted by Crippen LogP contribution is -2.75. The molecule has 2 aromatic heterocycles. The molecule has 2 nitrogen and oxygen atoms in total. The van der Waals surface area contributed by atoms with E-state index in [1.165, 1.54) is 70.0 Å². The zero-order valence-corrected chi connectivity index (χ0v) is 29.0. The van der Waals surface area contributed by atoms with Gasteiger partial charge in [-0.2, -0.15) is 0 Å². The van der Waals surface area contributed by atoms with Gasteiger partial charge in [-0.15, -0.1) is 0 Å². The van der Waals surface area contributed by atoms with Gasteiger partial charge in [0.15, 0.2) is 8.07 Å². The zero-order chi connectivity index (χ0) is 33.8. The van der Waals surface area contributed by atoms with E-state index in [4.69, 9.17) is 0 Å². The molecule has 0 amide bonds. The van der Waals surface area contributed by atoms with Crippen LogP contribution in [0.15, 0.2) is 206 Å². The summed E-state index contributed by atoms with van der Waals surface area (Å²) in [7, 11) is -2.85. The van der Waals surface area contributed by atoms with Gasteiger partial charge in [-0.05, 0) is 63.2 Å². The molecular weight excluding hydrogens is 633 g/mol. The average Bonchev–Trinajstić information content (AvgIpc) is 3.73. The van der Waals surface area contributed by atoms with Crippen molar-refractivity contribution in [3.8, 4) is 11.4 Å². The quantitative estimate of drug-likeness (QED) is 0.124. The first-order valence-corrected chi connectivity index (χ1v) is 19.6. The second-order valence-corrected chi connectivity index (χ2v) is 17.1. The highest BCUT2D eigenvalue weighted by atomic mass is 28.3. The minimum Gasteiger partial charge on any atom is -0.309 e. The summed E-state index contributed by atoms with van der Waals surface area (Å²) in [4.78, 5) is 0. The van der Waals surface area contributed by atoms with Gasteiger partial charge in [0.25, 0.3) is 0 Å². The van der Waals surface area contributed by atoms with Gasteiger partial charge >= 0.3 is 0 Å². The molecule has 0 N–H and O–H groups in total. The van der Waals surface area contributed by atoms with Crippen LogP contribution in [0.3, 0.4) is 0 Å². The lowest BCUT2D eigenvalue weighted by molar-refractivity contribution is 1.17. The second-order valence-electron chi connectivity index (χ2n) is 13.3. The molecule has 0 bridgehead atoms. The van der Waals surface area contributed by atoms with Crippen molar-refractivity contribution < 1.29 is 0 Å². The van der Waals surface area contributed by atoms with Crippen LogP contribution in [0.5, 0.6) is 0 Å². The summed E-state index contributed by atoms with van der Waals surface area (Å²) < 4.78 is 4.94. The highest BCUT2D eigenvalue weighted by Gasteiger charge is 2.43. The number of nitrogens with zero attached hydrogens (tertiary/aromatic N) is 2. The standard InChI is InChI=1S/C48H34N2Si/c1-5-18-35(19-6-1)49-44-29-15-14-27-41(44)43-34-36(32-33-46(43)49)50-45-30-16-13-26-40(45)42-28-17-31-47(48(42)50)51(37-20-7-2-8-21-37,38-22-9-3-10-23-38)39-24-11-4-12-25-39/h1-34H. The molecule has 0 fully saturated rings. The minimum absolute atomic E-state index is 1.16. The van der Waals surface area contributed by atoms with Crippen molar-refractivity contribution in [2.24, 2.45) is 0 Å². The summed E-state index contributed by atoms with van der Waals surface area (Å²) in [5.41, 5.74) is 7.22. The first kappa shape index (κ1) is 29.5. The van der Waals surface area contributed by atoms with Crippen molar-refractivity contribution >= 4 is 72.4 Å². The monoisotopic (exact) mass is 666 g/mol. The van der Waals surface area contributed by atoms with E-state index in [-0.39, 0.29) is 0 Å². The molecule has 51 heavy (non-hydrogen) atoms. The highest BCUT2D eigenvalue weighted by Crippen LogP contribution is 2.37. The van der Waals surface area contributed by atoms with Gasteiger partial charge in [0.2, 0.25) is 0 Å². The van der Waals surface area contributed by atoms with Crippen LogP contribution in [0.4, 0.5) is 0 Å². The molecule has 0 radical (unpaired) electrons. The topological polar surface area (TPSA) is 9.86 Å². The van der Waals surface area contributed by atoms with Crippen molar-refractivity contribution in [2.75, 3.05) is 0 Å². The third kappa shape index (κ3) is 4.42. The predicted octanol–water partition coefficient (Wildman–Crippen LogP) is 9.26. The van der Waals surface area contributed by atoms with Crippen LogP contribution in [0.25, 0.3) is 55.0 Å². The molecule has 0 atom stereocenters. The van der Waals surface area contributed by atoms with E-state index in [0.29, 0.717) is 0 Å². The van der Waals surface area contributed by atoms with Crippen LogP contribution in [-0.4, -0.2) is 17.2 Å². The van der Waals surface area contributed by atoms with E-state index in [1.54, 1.807) is 0 Å². The molecule has 0 spiro atoms. The van der Waals surface area contributed by atoms with E-state index in [0.717, 1.165) is 5.69 Å². The maximum atomic E-state index is 2.55. The Morgan fingerprint density at radius 1 is 0.294 bits per heavy atom. The Hall–Kier alpha value is -6.42. The van der Waals surface area contributed by atoms with Crippen LogP contribution in [0.1, 0.15) is 0 Å². The molecular formula is C48H34N2Si.